The Hall–Kier alpha value is -1.00. The molecule has 0 saturated carbocycles. The summed E-state index contributed by atoms with van der Waals surface area (Å²) < 4.78 is 6.04. The van der Waals surface area contributed by atoms with E-state index in [1.54, 1.807) is 19.5 Å². The Morgan fingerprint density at radius 1 is 1.47 bits per heavy atom. The van der Waals surface area contributed by atoms with Crippen LogP contribution in [0.3, 0.4) is 0 Å². The Bertz CT molecular complexity index is 471. The monoisotopic (exact) mass is 286 g/mol. The van der Waals surface area contributed by atoms with Crippen molar-refractivity contribution in [3.05, 3.63) is 34.2 Å². The lowest BCUT2D eigenvalue weighted by Gasteiger charge is -2.07. The van der Waals surface area contributed by atoms with Gasteiger partial charge >= 0.3 is 0 Å². The molecule has 3 nitrogen and oxygen atoms in total. The van der Waals surface area contributed by atoms with Crippen LogP contribution in [0.2, 0.25) is 5.02 Å². The molecular formula is C10H8BrClN2O. The summed E-state index contributed by atoms with van der Waals surface area (Å²) in [6, 6.07) is 3.65. The van der Waals surface area contributed by atoms with Gasteiger partial charge in [-0.15, -0.1) is 0 Å². The quantitative estimate of drug-likeness (QED) is 0.918. The highest BCUT2D eigenvalue weighted by molar-refractivity contribution is 9.10. The van der Waals surface area contributed by atoms with Gasteiger partial charge in [0.05, 0.1) is 24.2 Å². The second-order valence-electron chi connectivity index (χ2n) is 2.92. The number of nitrogens with zero attached hydrogens (tertiary/aromatic N) is 1. The van der Waals surface area contributed by atoms with E-state index in [9.17, 15) is 0 Å². The number of halogens is 2. The zero-order valence-electron chi connectivity index (χ0n) is 7.92. The molecule has 0 atom stereocenters. The normalized spacial score (nSPS) is 10.3. The maximum Gasteiger partial charge on any atom is 0.138 e. The molecule has 0 unspecified atom stereocenters. The van der Waals surface area contributed by atoms with E-state index in [0.717, 1.165) is 15.7 Å². The highest BCUT2D eigenvalue weighted by Gasteiger charge is 2.10. The molecule has 0 amide bonds. The summed E-state index contributed by atoms with van der Waals surface area (Å²) in [5.41, 5.74) is 1.79. The van der Waals surface area contributed by atoms with Crippen LogP contribution >= 0.6 is 27.5 Å². The Morgan fingerprint density at radius 2 is 2.27 bits per heavy atom. The van der Waals surface area contributed by atoms with E-state index in [2.05, 4.69) is 25.9 Å². The molecule has 1 heterocycles. The first-order valence-corrected chi connectivity index (χ1v) is 5.41. The van der Waals surface area contributed by atoms with Crippen molar-refractivity contribution in [2.24, 2.45) is 0 Å². The maximum absolute atomic E-state index is 5.98. The summed E-state index contributed by atoms with van der Waals surface area (Å²) in [7, 11) is 1.59. The van der Waals surface area contributed by atoms with Crippen LogP contribution in [0.15, 0.2) is 29.1 Å². The fraction of sp³-hybridized carbons (Fsp3) is 0.100. The van der Waals surface area contributed by atoms with Crippen LogP contribution in [0.25, 0.3) is 11.3 Å². The van der Waals surface area contributed by atoms with Crippen molar-refractivity contribution in [2.45, 2.75) is 0 Å². The van der Waals surface area contributed by atoms with Crippen molar-refractivity contribution in [3.63, 3.8) is 0 Å². The molecule has 2 aromatic rings. The lowest BCUT2D eigenvalue weighted by molar-refractivity contribution is 0.415. The first kappa shape index (κ1) is 10.5. The van der Waals surface area contributed by atoms with Gasteiger partial charge in [-0.25, -0.2) is 4.98 Å². The summed E-state index contributed by atoms with van der Waals surface area (Å²) in [6.45, 7) is 0. The van der Waals surface area contributed by atoms with Crippen LogP contribution in [-0.4, -0.2) is 17.1 Å². The third kappa shape index (κ3) is 2.01. The van der Waals surface area contributed by atoms with Crippen molar-refractivity contribution in [2.75, 3.05) is 7.11 Å². The van der Waals surface area contributed by atoms with Crippen molar-refractivity contribution in [1.82, 2.24) is 9.97 Å². The summed E-state index contributed by atoms with van der Waals surface area (Å²) in [4.78, 5) is 7.07. The molecule has 1 N–H and O–H groups in total. The maximum atomic E-state index is 5.98. The lowest BCUT2D eigenvalue weighted by atomic mass is 10.1. The van der Waals surface area contributed by atoms with Crippen molar-refractivity contribution < 1.29 is 4.74 Å². The number of nitrogens with one attached hydrogen (secondary N) is 1. The van der Waals surface area contributed by atoms with E-state index >= 15 is 0 Å². The van der Waals surface area contributed by atoms with Gasteiger partial charge in [-0.1, -0.05) is 27.5 Å². The largest absolute Gasteiger partial charge is 0.495 e. The minimum absolute atomic E-state index is 0.573. The average molecular weight is 288 g/mol. The van der Waals surface area contributed by atoms with E-state index in [1.165, 1.54) is 0 Å². The molecule has 0 aliphatic rings. The van der Waals surface area contributed by atoms with Gasteiger partial charge in [-0.05, 0) is 12.1 Å². The van der Waals surface area contributed by atoms with E-state index < -0.39 is 0 Å². The van der Waals surface area contributed by atoms with Crippen LogP contribution in [0, 0.1) is 0 Å². The van der Waals surface area contributed by atoms with Gasteiger partial charge in [0.1, 0.15) is 5.75 Å². The van der Waals surface area contributed by atoms with Gasteiger partial charge in [0, 0.05) is 16.2 Å². The number of hydrogen-bond donors (Lipinski definition) is 1. The molecule has 5 heteroatoms. The molecule has 1 aromatic heterocycles. The first-order chi connectivity index (χ1) is 7.22. The Morgan fingerprint density at radius 3 is 2.87 bits per heavy atom. The van der Waals surface area contributed by atoms with Gasteiger partial charge in [0.2, 0.25) is 0 Å². The number of aromatic amines is 1. The molecule has 78 valence electrons. The molecule has 0 aliphatic carbocycles. The van der Waals surface area contributed by atoms with E-state index in [4.69, 9.17) is 16.3 Å². The Balaban J connectivity index is 2.57. The van der Waals surface area contributed by atoms with Gasteiger partial charge in [-0.2, -0.15) is 0 Å². The molecule has 1 aromatic carbocycles. The van der Waals surface area contributed by atoms with Crippen LogP contribution in [0.1, 0.15) is 0 Å². The van der Waals surface area contributed by atoms with E-state index in [1.807, 2.05) is 12.3 Å². The van der Waals surface area contributed by atoms with Crippen molar-refractivity contribution >= 4 is 27.5 Å². The zero-order valence-corrected chi connectivity index (χ0v) is 10.3. The summed E-state index contributed by atoms with van der Waals surface area (Å²) in [6.07, 6.45) is 3.44. The zero-order chi connectivity index (χ0) is 10.8. The van der Waals surface area contributed by atoms with Crippen LogP contribution < -0.4 is 4.74 Å². The smallest absolute Gasteiger partial charge is 0.138 e. The number of imidazole rings is 1. The molecular weight excluding hydrogens is 279 g/mol. The SMILES string of the molecule is COc1cc(-c2c[nH]cn2)c(Br)cc1Cl. The van der Waals surface area contributed by atoms with E-state index in [0.29, 0.717) is 10.8 Å². The Labute approximate surface area is 101 Å². The predicted molar refractivity (Wildman–Crippen MR) is 63.3 cm³/mol. The molecule has 2 rings (SSSR count). The number of ether oxygens (including phenoxy) is 1. The lowest BCUT2D eigenvalue weighted by Crippen LogP contribution is -1.87. The number of H-pyrrole nitrogens is 1. The molecule has 0 bridgehead atoms. The van der Waals surface area contributed by atoms with Crippen LogP contribution in [0.4, 0.5) is 0 Å². The van der Waals surface area contributed by atoms with Gasteiger partial charge in [-0.3, -0.25) is 0 Å². The summed E-state index contributed by atoms with van der Waals surface area (Å²) >= 11 is 9.42. The summed E-state index contributed by atoms with van der Waals surface area (Å²) in [5, 5.41) is 0.573. The second-order valence-corrected chi connectivity index (χ2v) is 4.18. The topological polar surface area (TPSA) is 37.9 Å². The fourth-order valence-corrected chi connectivity index (χ4v) is 2.21. The summed E-state index contributed by atoms with van der Waals surface area (Å²) in [5.74, 6) is 0.637. The van der Waals surface area contributed by atoms with Gasteiger partial charge < -0.3 is 9.72 Å². The molecule has 0 spiro atoms. The third-order valence-electron chi connectivity index (χ3n) is 2.02. The highest BCUT2D eigenvalue weighted by atomic mass is 79.9. The number of rotatable bonds is 2. The average Bonchev–Trinajstić information content (AvgIpc) is 2.71. The molecule has 0 saturated heterocycles. The fourth-order valence-electron chi connectivity index (χ4n) is 1.29. The molecule has 0 radical (unpaired) electrons. The van der Waals surface area contributed by atoms with Crippen molar-refractivity contribution in [3.8, 4) is 17.0 Å². The number of benzene rings is 1. The molecule has 0 fully saturated rings. The second kappa shape index (κ2) is 4.24. The molecule has 0 aliphatic heterocycles. The molecule has 15 heavy (non-hydrogen) atoms. The highest BCUT2D eigenvalue weighted by Crippen LogP contribution is 2.35. The minimum Gasteiger partial charge on any atom is -0.495 e. The number of methoxy groups -OCH3 is 1. The third-order valence-corrected chi connectivity index (χ3v) is 2.97. The van der Waals surface area contributed by atoms with E-state index in [-0.39, 0.29) is 0 Å². The van der Waals surface area contributed by atoms with Crippen molar-refractivity contribution in [1.29, 1.82) is 0 Å². The predicted octanol–water partition coefficient (Wildman–Crippen LogP) is 3.50. The number of aromatic nitrogens is 2. The standard InChI is InChI=1S/C10H8BrClN2O/c1-15-10-2-6(7(11)3-8(10)12)9-4-13-5-14-9/h2-5H,1H3,(H,13,14). The first-order valence-electron chi connectivity index (χ1n) is 4.24. The van der Waals surface area contributed by atoms with Gasteiger partial charge in [0.15, 0.2) is 0 Å². The Kier molecular flexibility index (Phi) is 2.98. The minimum atomic E-state index is 0.573. The van der Waals surface area contributed by atoms with Crippen LogP contribution in [0.5, 0.6) is 5.75 Å². The van der Waals surface area contributed by atoms with Crippen LogP contribution in [-0.2, 0) is 0 Å². The van der Waals surface area contributed by atoms with Gasteiger partial charge in [0.25, 0.3) is 0 Å². The number of hydrogen-bond acceptors (Lipinski definition) is 2.